The second-order valence-corrected chi connectivity index (χ2v) is 11.3. The molecular weight excluding hydrogens is 596 g/mol. The predicted octanol–water partition coefficient (Wildman–Crippen LogP) is 0.597. The Hall–Kier alpha value is -5.14. The van der Waals surface area contributed by atoms with Crippen LogP contribution in [0.5, 0.6) is 5.75 Å². The summed E-state index contributed by atoms with van der Waals surface area (Å²) in [6.07, 6.45) is -0.203. The van der Waals surface area contributed by atoms with Gasteiger partial charge < -0.3 is 42.2 Å². The molecule has 2 aromatic rings. The molecule has 0 bridgehead atoms. The summed E-state index contributed by atoms with van der Waals surface area (Å²) < 4.78 is 5.19. The van der Waals surface area contributed by atoms with Gasteiger partial charge in [-0.3, -0.25) is 24.0 Å². The number of nitrogens with two attached hydrogens (primary N) is 2. The van der Waals surface area contributed by atoms with Gasteiger partial charge in [0.15, 0.2) is 0 Å². The van der Waals surface area contributed by atoms with Gasteiger partial charge in [0.1, 0.15) is 36.5 Å². The molecular formula is C32H42N6O8. The number of nitrogens with zero attached hydrogens (tertiary/aromatic N) is 1. The smallest absolute Gasteiger partial charge is 0.408 e. The number of aromatic hydroxyl groups is 1. The van der Waals surface area contributed by atoms with Gasteiger partial charge in [-0.25, -0.2) is 4.79 Å². The van der Waals surface area contributed by atoms with E-state index in [1.165, 1.54) is 17.0 Å². The van der Waals surface area contributed by atoms with Crippen LogP contribution in [0.3, 0.4) is 0 Å². The summed E-state index contributed by atoms with van der Waals surface area (Å²) in [5, 5.41) is 17.3. The van der Waals surface area contributed by atoms with Crippen molar-refractivity contribution in [3.05, 3.63) is 65.7 Å². The first-order valence-electron chi connectivity index (χ1n) is 15.1. The minimum Gasteiger partial charge on any atom is -0.508 e. The number of rotatable bonds is 15. The zero-order valence-corrected chi connectivity index (χ0v) is 25.9. The van der Waals surface area contributed by atoms with Crippen LogP contribution in [0.1, 0.15) is 50.7 Å². The molecule has 2 aromatic carbocycles. The highest BCUT2D eigenvalue weighted by molar-refractivity contribution is 5.96. The first-order chi connectivity index (χ1) is 21.9. The molecule has 14 nitrogen and oxygen atoms in total. The molecule has 1 fully saturated rings. The van der Waals surface area contributed by atoms with Crippen molar-refractivity contribution in [2.75, 3.05) is 6.54 Å². The van der Waals surface area contributed by atoms with Gasteiger partial charge in [0, 0.05) is 13.0 Å². The maximum atomic E-state index is 14.0. The van der Waals surface area contributed by atoms with Gasteiger partial charge >= 0.3 is 6.09 Å². The Balaban J connectivity index is 1.80. The van der Waals surface area contributed by atoms with E-state index in [0.29, 0.717) is 30.4 Å². The summed E-state index contributed by atoms with van der Waals surface area (Å²) in [6, 6.07) is 10.2. The number of likely N-dealkylation sites (tertiary alicyclic amines) is 1. The van der Waals surface area contributed by atoms with E-state index < -0.39 is 66.2 Å². The predicted molar refractivity (Wildman–Crippen MR) is 166 cm³/mol. The van der Waals surface area contributed by atoms with Crippen LogP contribution in [0.15, 0.2) is 54.6 Å². The molecule has 0 aromatic heterocycles. The van der Waals surface area contributed by atoms with Crippen molar-refractivity contribution >= 4 is 35.6 Å². The van der Waals surface area contributed by atoms with Crippen LogP contribution in [0.2, 0.25) is 0 Å². The van der Waals surface area contributed by atoms with E-state index in [2.05, 4.69) is 16.0 Å². The molecule has 46 heavy (non-hydrogen) atoms. The van der Waals surface area contributed by atoms with Crippen molar-refractivity contribution < 1.29 is 38.6 Å². The first kappa shape index (κ1) is 35.3. The number of alkyl carbamates (subject to hydrolysis) is 1. The Morgan fingerprint density at radius 3 is 2.22 bits per heavy atom. The molecule has 5 atom stereocenters. The summed E-state index contributed by atoms with van der Waals surface area (Å²) in [4.78, 5) is 78.5. The standard InChI is InChI=1S/C32H42N6O8/c1-3-19(2)27(28(34)41)37-30(43)25-10-7-15-38(25)31(44)24(16-20-11-13-22(39)14-12-20)35-29(42)23(17-26(33)40)36-32(45)46-18-21-8-5-4-6-9-21/h4-6,8-9,11-14,19,23-25,27,39H,3,7,10,15-18H2,1-2H3,(H2,33,40)(H2,34,41)(H,35,42)(H,36,45)(H,37,43). The first-order valence-corrected chi connectivity index (χ1v) is 15.1. The summed E-state index contributed by atoms with van der Waals surface area (Å²) >= 11 is 0. The summed E-state index contributed by atoms with van der Waals surface area (Å²) in [5.41, 5.74) is 12.2. The largest absolute Gasteiger partial charge is 0.508 e. The Morgan fingerprint density at radius 1 is 0.935 bits per heavy atom. The number of primary amides is 2. The summed E-state index contributed by atoms with van der Waals surface area (Å²) in [7, 11) is 0. The Bertz CT molecular complexity index is 1390. The average molecular weight is 639 g/mol. The molecule has 1 aliphatic heterocycles. The van der Waals surface area contributed by atoms with Gasteiger partial charge in [0.2, 0.25) is 29.5 Å². The van der Waals surface area contributed by atoms with Crippen molar-refractivity contribution in [1.82, 2.24) is 20.9 Å². The lowest BCUT2D eigenvalue weighted by atomic mass is 9.98. The number of phenolic OH excluding ortho intramolecular Hbond substituents is 1. The van der Waals surface area contributed by atoms with E-state index in [0.717, 1.165) is 0 Å². The third kappa shape index (κ3) is 10.2. The molecule has 3 rings (SSSR count). The maximum absolute atomic E-state index is 14.0. The third-order valence-corrected chi connectivity index (χ3v) is 7.87. The zero-order chi connectivity index (χ0) is 33.8. The minimum atomic E-state index is -1.47. The lowest BCUT2D eigenvalue weighted by molar-refractivity contribution is -0.142. The number of nitrogens with one attached hydrogen (secondary N) is 3. The second-order valence-electron chi connectivity index (χ2n) is 11.3. The number of ether oxygens (including phenoxy) is 1. The van der Waals surface area contributed by atoms with Crippen LogP contribution >= 0.6 is 0 Å². The highest BCUT2D eigenvalue weighted by Gasteiger charge is 2.40. The SMILES string of the molecule is CCC(C)C(NC(=O)C1CCCN1C(=O)C(Cc1ccc(O)cc1)NC(=O)C(CC(N)=O)NC(=O)OCc1ccccc1)C(N)=O. The number of benzene rings is 2. The van der Waals surface area contributed by atoms with Crippen molar-refractivity contribution in [3.63, 3.8) is 0 Å². The van der Waals surface area contributed by atoms with E-state index in [4.69, 9.17) is 16.2 Å². The number of carbonyl (C=O) groups is 6. The molecule has 0 aliphatic carbocycles. The van der Waals surface area contributed by atoms with Crippen LogP contribution < -0.4 is 27.4 Å². The molecule has 0 spiro atoms. The van der Waals surface area contributed by atoms with Gasteiger partial charge in [0.25, 0.3) is 0 Å². The zero-order valence-electron chi connectivity index (χ0n) is 25.9. The van der Waals surface area contributed by atoms with Gasteiger partial charge in [-0.1, -0.05) is 62.7 Å². The van der Waals surface area contributed by atoms with Gasteiger partial charge in [-0.05, 0) is 42.0 Å². The fourth-order valence-electron chi connectivity index (χ4n) is 5.14. The van der Waals surface area contributed by atoms with E-state index in [1.807, 2.05) is 6.92 Å². The highest BCUT2D eigenvalue weighted by atomic mass is 16.5. The Morgan fingerprint density at radius 2 is 1.61 bits per heavy atom. The lowest BCUT2D eigenvalue weighted by Crippen LogP contribution is -2.59. The normalized spacial score (nSPS) is 16.7. The van der Waals surface area contributed by atoms with Crippen molar-refractivity contribution in [3.8, 4) is 5.75 Å². The molecule has 6 amide bonds. The highest BCUT2D eigenvalue weighted by Crippen LogP contribution is 2.21. The Labute approximate surface area is 267 Å². The van der Waals surface area contributed by atoms with Crippen LogP contribution in [0.4, 0.5) is 4.79 Å². The quantitative estimate of drug-likeness (QED) is 0.162. The lowest BCUT2D eigenvalue weighted by Gasteiger charge is -2.31. The van der Waals surface area contributed by atoms with Gasteiger partial charge in [-0.2, -0.15) is 0 Å². The van der Waals surface area contributed by atoms with Crippen molar-refractivity contribution in [2.24, 2.45) is 17.4 Å². The molecule has 0 radical (unpaired) electrons. The molecule has 0 saturated carbocycles. The van der Waals surface area contributed by atoms with Gasteiger partial charge in [0.05, 0.1) is 6.42 Å². The van der Waals surface area contributed by atoms with E-state index >= 15 is 0 Å². The van der Waals surface area contributed by atoms with Crippen molar-refractivity contribution in [1.29, 1.82) is 0 Å². The average Bonchev–Trinajstić information content (AvgIpc) is 3.52. The molecule has 248 valence electrons. The maximum Gasteiger partial charge on any atom is 0.408 e. The van der Waals surface area contributed by atoms with E-state index in [-0.39, 0.29) is 31.2 Å². The van der Waals surface area contributed by atoms with Crippen LogP contribution in [0.25, 0.3) is 0 Å². The number of hydrogen-bond donors (Lipinski definition) is 6. The molecule has 5 unspecified atom stereocenters. The molecule has 1 aliphatic rings. The van der Waals surface area contributed by atoms with E-state index in [9.17, 15) is 33.9 Å². The fourth-order valence-corrected chi connectivity index (χ4v) is 5.14. The molecule has 8 N–H and O–H groups in total. The van der Waals surface area contributed by atoms with E-state index in [1.54, 1.807) is 49.4 Å². The van der Waals surface area contributed by atoms with Crippen LogP contribution in [-0.4, -0.2) is 76.3 Å². The van der Waals surface area contributed by atoms with Crippen LogP contribution in [-0.2, 0) is 41.7 Å². The number of carbonyl (C=O) groups excluding carboxylic acids is 6. The number of amides is 6. The molecule has 1 heterocycles. The van der Waals surface area contributed by atoms with Crippen LogP contribution in [0, 0.1) is 5.92 Å². The fraction of sp³-hybridized carbons (Fsp3) is 0.438. The second kappa shape index (κ2) is 16.8. The summed E-state index contributed by atoms with van der Waals surface area (Å²) in [6.45, 7) is 3.76. The Kier molecular flexibility index (Phi) is 12.9. The molecule has 14 heteroatoms. The number of phenols is 1. The summed E-state index contributed by atoms with van der Waals surface area (Å²) in [5.74, 6) is -3.82. The van der Waals surface area contributed by atoms with Crippen molar-refractivity contribution in [2.45, 2.75) is 76.7 Å². The molecule has 1 saturated heterocycles. The topological polar surface area (TPSA) is 223 Å². The number of hydrogen-bond acceptors (Lipinski definition) is 8. The third-order valence-electron chi connectivity index (χ3n) is 7.87. The van der Waals surface area contributed by atoms with Gasteiger partial charge in [-0.15, -0.1) is 0 Å². The monoisotopic (exact) mass is 638 g/mol. The minimum absolute atomic E-state index is 0.00279.